The fourth-order valence-corrected chi connectivity index (χ4v) is 2.73. The van der Waals surface area contributed by atoms with Crippen molar-refractivity contribution in [2.75, 3.05) is 0 Å². The van der Waals surface area contributed by atoms with Crippen molar-refractivity contribution in [1.82, 2.24) is 10.3 Å². The molecular formula is C22H19ClN2O. The van der Waals surface area contributed by atoms with Crippen LogP contribution in [0.25, 0.3) is 17.2 Å². The molecule has 1 heterocycles. The van der Waals surface area contributed by atoms with Gasteiger partial charge in [0, 0.05) is 17.8 Å². The molecule has 0 saturated heterocycles. The van der Waals surface area contributed by atoms with Gasteiger partial charge in [-0.3, -0.25) is 4.79 Å². The van der Waals surface area contributed by atoms with Gasteiger partial charge in [0.25, 0.3) is 0 Å². The monoisotopic (exact) mass is 362 g/mol. The largest absolute Gasteiger partial charge is 0.346 e. The Morgan fingerprint density at radius 2 is 1.85 bits per heavy atom. The molecule has 1 atom stereocenters. The van der Waals surface area contributed by atoms with Crippen molar-refractivity contribution in [2.45, 2.75) is 13.0 Å². The van der Waals surface area contributed by atoms with E-state index in [1.165, 1.54) is 0 Å². The maximum Gasteiger partial charge on any atom is 0.244 e. The first-order valence-electron chi connectivity index (χ1n) is 8.37. The molecule has 1 aromatic heterocycles. The van der Waals surface area contributed by atoms with Crippen molar-refractivity contribution in [3.8, 4) is 11.1 Å². The van der Waals surface area contributed by atoms with E-state index in [1.54, 1.807) is 24.4 Å². The number of hydrogen-bond acceptors (Lipinski definition) is 2. The van der Waals surface area contributed by atoms with E-state index < -0.39 is 0 Å². The fraction of sp³-hybridized carbons (Fsp3) is 0.0909. The molecule has 0 aliphatic rings. The van der Waals surface area contributed by atoms with Crippen molar-refractivity contribution >= 4 is 23.6 Å². The summed E-state index contributed by atoms with van der Waals surface area (Å²) in [5.74, 6) is -0.125. The van der Waals surface area contributed by atoms with Crippen molar-refractivity contribution in [3.63, 3.8) is 0 Å². The first-order valence-corrected chi connectivity index (χ1v) is 8.75. The minimum atomic E-state index is -0.125. The molecule has 130 valence electrons. The lowest BCUT2D eigenvalue weighted by molar-refractivity contribution is -0.117. The molecule has 0 aliphatic carbocycles. The van der Waals surface area contributed by atoms with Crippen LogP contribution in [0.3, 0.4) is 0 Å². The average Bonchev–Trinajstić information content (AvgIpc) is 2.68. The minimum Gasteiger partial charge on any atom is -0.346 e. The molecule has 4 heteroatoms. The van der Waals surface area contributed by atoms with Gasteiger partial charge in [0.15, 0.2) is 0 Å². The molecule has 26 heavy (non-hydrogen) atoms. The second-order valence-corrected chi connectivity index (χ2v) is 6.36. The van der Waals surface area contributed by atoms with Gasteiger partial charge < -0.3 is 5.32 Å². The molecule has 2 aromatic carbocycles. The summed E-state index contributed by atoms with van der Waals surface area (Å²) in [6.45, 7) is 1.97. The number of benzene rings is 2. The number of carbonyl (C=O) groups is 1. The molecule has 0 saturated carbocycles. The molecule has 0 bridgehead atoms. The summed E-state index contributed by atoms with van der Waals surface area (Å²) >= 11 is 5.85. The van der Waals surface area contributed by atoms with Crippen molar-refractivity contribution < 1.29 is 4.79 Å². The number of rotatable bonds is 5. The van der Waals surface area contributed by atoms with Crippen LogP contribution in [0, 0.1) is 0 Å². The number of pyridine rings is 1. The van der Waals surface area contributed by atoms with Crippen LogP contribution >= 0.6 is 11.6 Å². The second-order valence-electron chi connectivity index (χ2n) is 5.97. The number of nitrogens with one attached hydrogen (secondary N) is 1. The first-order chi connectivity index (χ1) is 12.6. The third-order valence-corrected chi connectivity index (χ3v) is 4.26. The lowest BCUT2D eigenvalue weighted by Crippen LogP contribution is -2.24. The van der Waals surface area contributed by atoms with Crippen LogP contribution in [0.1, 0.15) is 24.1 Å². The van der Waals surface area contributed by atoms with Crippen LogP contribution in [-0.2, 0) is 4.79 Å². The normalized spacial score (nSPS) is 12.1. The number of hydrogen-bond donors (Lipinski definition) is 1. The predicted octanol–water partition coefficient (Wildman–Crippen LogP) is 5.29. The summed E-state index contributed by atoms with van der Waals surface area (Å²) in [4.78, 5) is 16.3. The highest BCUT2D eigenvalue weighted by Gasteiger charge is 2.09. The Kier molecular flexibility index (Phi) is 5.82. The van der Waals surface area contributed by atoms with Gasteiger partial charge in [0.2, 0.25) is 5.91 Å². The maximum atomic E-state index is 12.2. The summed E-state index contributed by atoms with van der Waals surface area (Å²) in [6.07, 6.45) is 5.10. The third kappa shape index (κ3) is 4.80. The Hall–Kier alpha value is -2.91. The summed E-state index contributed by atoms with van der Waals surface area (Å²) < 4.78 is 0. The Morgan fingerprint density at radius 3 is 2.58 bits per heavy atom. The average molecular weight is 363 g/mol. The van der Waals surface area contributed by atoms with E-state index in [4.69, 9.17) is 11.6 Å². The second kappa shape index (κ2) is 8.45. The molecule has 3 rings (SSSR count). The number of halogens is 1. The maximum absolute atomic E-state index is 12.2. The molecule has 0 fully saturated rings. The third-order valence-electron chi connectivity index (χ3n) is 4.03. The van der Waals surface area contributed by atoms with Crippen LogP contribution in [0.15, 0.2) is 79.0 Å². The Balaban J connectivity index is 1.69. The van der Waals surface area contributed by atoms with Gasteiger partial charge in [-0.15, -0.1) is 0 Å². The van der Waals surface area contributed by atoms with Gasteiger partial charge in [-0.2, -0.15) is 0 Å². The number of amides is 1. The molecule has 3 aromatic rings. The van der Waals surface area contributed by atoms with Crippen LogP contribution in [-0.4, -0.2) is 10.9 Å². The Morgan fingerprint density at radius 1 is 1.04 bits per heavy atom. The molecule has 0 spiro atoms. The van der Waals surface area contributed by atoms with Crippen LogP contribution in [0.2, 0.25) is 5.15 Å². The molecular weight excluding hydrogens is 344 g/mol. The Labute approximate surface area is 158 Å². The summed E-state index contributed by atoms with van der Waals surface area (Å²) in [6, 6.07) is 21.4. The predicted molar refractivity (Wildman–Crippen MR) is 107 cm³/mol. The van der Waals surface area contributed by atoms with Gasteiger partial charge in [-0.1, -0.05) is 60.1 Å². The highest BCUT2D eigenvalue weighted by Crippen LogP contribution is 2.23. The van der Waals surface area contributed by atoms with Crippen LogP contribution in [0.4, 0.5) is 0 Å². The van der Waals surface area contributed by atoms with E-state index >= 15 is 0 Å². The van der Waals surface area contributed by atoms with Gasteiger partial charge >= 0.3 is 0 Å². The lowest BCUT2D eigenvalue weighted by Gasteiger charge is -2.14. The number of aromatic nitrogens is 1. The first kappa shape index (κ1) is 17.9. The van der Waals surface area contributed by atoms with Crippen LogP contribution in [0.5, 0.6) is 0 Å². The van der Waals surface area contributed by atoms with Gasteiger partial charge in [0.1, 0.15) is 5.15 Å². The zero-order chi connectivity index (χ0) is 18.4. The van der Waals surface area contributed by atoms with E-state index in [9.17, 15) is 4.79 Å². The molecule has 1 amide bonds. The van der Waals surface area contributed by atoms with E-state index in [2.05, 4.69) is 16.4 Å². The van der Waals surface area contributed by atoms with Gasteiger partial charge in [-0.05, 0) is 47.9 Å². The number of carbonyl (C=O) groups excluding carboxylic acids is 1. The zero-order valence-electron chi connectivity index (χ0n) is 14.4. The van der Waals surface area contributed by atoms with Gasteiger partial charge in [0.05, 0.1) is 6.04 Å². The van der Waals surface area contributed by atoms with E-state index in [0.29, 0.717) is 5.15 Å². The van der Waals surface area contributed by atoms with Gasteiger partial charge in [-0.25, -0.2) is 4.98 Å². The molecule has 0 aliphatic heterocycles. The van der Waals surface area contributed by atoms with Crippen molar-refractivity contribution in [3.05, 3.63) is 95.3 Å². The molecule has 3 nitrogen and oxygen atoms in total. The van der Waals surface area contributed by atoms with E-state index in [-0.39, 0.29) is 11.9 Å². The smallest absolute Gasteiger partial charge is 0.244 e. The van der Waals surface area contributed by atoms with Crippen molar-refractivity contribution in [1.29, 1.82) is 0 Å². The standard InChI is InChI=1S/C22H19ClN2O/c1-16(25-22(26)13-10-17-6-3-2-4-7-17)18-8-5-9-19(14-18)20-11-12-21(23)24-15-20/h2-16H,1H3,(H,25,26)/b13-10+/t16-/m0/s1. The van der Waals surface area contributed by atoms with Crippen molar-refractivity contribution in [2.24, 2.45) is 0 Å². The summed E-state index contributed by atoms with van der Waals surface area (Å²) in [7, 11) is 0. The minimum absolute atomic E-state index is 0.108. The highest BCUT2D eigenvalue weighted by molar-refractivity contribution is 6.29. The fourth-order valence-electron chi connectivity index (χ4n) is 2.62. The van der Waals surface area contributed by atoms with E-state index in [1.807, 2.05) is 61.5 Å². The highest BCUT2D eigenvalue weighted by atomic mass is 35.5. The quantitative estimate of drug-likeness (QED) is 0.494. The number of nitrogens with zero attached hydrogens (tertiary/aromatic N) is 1. The lowest BCUT2D eigenvalue weighted by atomic mass is 10.0. The Bertz CT molecular complexity index is 905. The SMILES string of the molecule is C[C@H](NC(=O)/C=C/c1ccccc1)c1cccc(-c2ccc(Cl)nc2)c1. The van der Waals surface area contributed by atoms with Crippen LogP contribution < -0.4 is 5.32 Å². The zero-order valence-corrected chi connectivity index (χ0v) is 15.1. The van der Waals surface area contributed by atoms with E-state index in [0.717, 1.165) is 22.3 Å². The topological polar surface area (TPSA) is 42.0 Å². The molecule has 0 unspecified atom stereocenters. The summed E-state index contributed by atoms with van der Waals surface area (Å²) in [5.41, 5.74) is 4.04. The molecule has 1 N–H and O–H groups in total. The molecule has 0 radical (unpaired) electrons. The summed E-state index contributed by atoms with van der Waals surface area (Å²) in [5, 5.41) is 3.46.